The molecule has 0 amide bonds. The minimum atomic E-state index is -1.70. The number of hydrogen-bond acceptors (Lipinski definition) is 0. The Bertz CT molecular complexity index is 180. The van der Waals surface area contributed by atoms with E-state index in [-0.39, 0.29) is 0 Å². The van der Waals surface area contributed by atoms with Gasteiger partial charge in [0.05, 0.1) is 0 Å². The van der Waals surface area contributed by atoms with E-state index in [9.17, 15) is 0 Å². The molecule has 0 bridgehead atoms. The molecule has 0 saturated carbocycles. The van der Waals surface area contributed by atoms with Crippen LogP contribution in [-0.4, -0.2) is 18.4 Å². The fourth-order valence-electron chi connectivity index (χ4n) is 0.641. The Kier molecular flexibility index (Phi) is 4.45. The molecule has 0 aliphatic rings. The van der Waals surface area contributed by atoms with Crippen LogP contribution in [0.25, 0.3) is 0 Å². The summed E-state index contributed by atoms with van der Waals surface area (Å²) in [5, 5.41) is 0. The third-order valence-electron chi connectivity index (χ3n) is 2.08. The molecule has 0 aromatic carbocycles. The Morgan fingerprint density at radius 2 is 1.55 bits per heavy atom. The van der Waals surface area contributed by atoms with Crippen LogP contribution in [-0.2, 0) is 0 Å². The van der Waals surface area contributed by atoms with Crippen molar-refractivity contribution >= 4 is 18.4 Å². The van der Waals surface area contributed by atoms with Crippen LogP contribution < -0.4 is 0 Å². The molecule has 0 aliphatic carbocycles. The summed E-state index contributed by atoms with van der Waals surface area (Å²) < 4.78 is 1.65. The van der Waals surface area contributed by atoms with Gasteiger partial charge in [0.1, 0.15) is 0 Å². The predicted octanol–water partition coefficient (Wildman–Crippen LogP) is 3.78. The molecule has 0 nitrogen and oxygen atoms in total. The molecule has 0 fully saturated rings. The average molecular weight is 259 g/mol. The summed E-state index contributed by atoms with van der Waals surface area (Å²) in [6, 6.07) is 0. The van der Waals surface area contributed by atoms with Crippen molar-refractivity contribution in [2.75, 3.05) is 0 Å². The number of allylic oxidation sites excluding steroid dienone is 4. The van der Waals surface area contributed by atoms with Crippen molar-refractivity contribution in [2.45, 2.75) is 35.6 Å². The Labute approximate surface area is 75.3 Å². The first-order valence-corrected chi connectivity index (χ1v) is 14.2. The number of rotatable bonds is 2. The van der Waals surface area contributed by atoms with E-state index in [1.54, 1.807) is 3.59 Å². The fraction of sp³-hybridized carbons (Fsp3) is 0.600. The second-order valence-corrected chi connectivity index (χ2v) is 19.2. The summed E-state index contributed by atoms with van der Waals surface area (Å²) in [5.41, 5.74) is 1.40. The van der Waals surface area contributed by atoms with Gasteiger partial charge in [-0.3, -0.25) is 0 Å². The zero-order valence-electron chi connectivity index (χ0n) is 8.65. The molecule has 0 aromatic rings. The maximum atomic E-state index is 2.45. The first kappa shape index (κ1) is 11.3. The van der Waals surface area contributed by atoms with Gasteiger partial charge in [-0.25, -0.2) is 0 Å². The first-order chi connectivity index (χ1) is 4.88. The van der Waals surface area contributed by atoms with E-state index in [2.05, 4.69) is 47.7 Å². The molecule has 0 heterocycles. The second kappa shape index (κ2) is 4.34. The van der Waals surface area contributed by atoms with E-state index in [0.29, 0.717) is 0 Å². The Hall–Kier alpha value is 0.279. The topological polar surface area (TPSA) is 0 Å². The van der Waals surface area contributed by atoms with E-state index < -0.39 is 18.4 Å². The maximum absolute atomic E-state index is 2.45. The summed E-state index contributed by atoms with van der Waals surface area (Å²) in [5.74, 6) is 0. The van der Waals surface area contributed by atoms with Gasteiger partial charge in [0, 0.05) is 0 Å². The van der Waals surface area contributed by atoms with Crippen LogP contribution in [0.5, 0.6) is 0 Å². The van der Waals surface area contributed by atoms with Crippen LogP contribution in [0.4, 0.5) is 0 Å². The van der Waals surface area contributed by atoms with Crippen LogP contribution in [0.1, 0.15) is 20.8 Å². The van der Waals surface area contributed by atoms with Crippen LogP contribution >= 0.6 is 0 Å². The minimum absolute atomic E-state index is 1.40. The first-order valence-electron chi connectivity index (χ1n) is 4.19. The SMILES string of the molecule is C/C=C(C)\C=[C](\C)[Sn]([CH3])([CH3])[CH3]. The van der Waals surface area contributed by atoms with Crippen molar-refractivity contribution in [1.82, 2.24) is 0 Å². The molecular weight excluding hydrogens is 239 g/mol. The molecule has 0 aliphatic heterocycles. The Morgan fingerprint density at radius 1 is 1.09 bits per heavy atom. The van der Waals surface area contributed by atoms with Gasteiger partial charge in [0.25, 0.3) is 0 Å². The second-order valence-electron chi connectivity index (χ2n) is 4.11. The monoisotopic (exact) mass is 260 g/mol. The third kappa shape index (κ3) is 4.67. The van der Waals surface area contributed by atoms with Crippen LogP contribution in [0.2, 0.25) is 14.8 Å². The quantitative estimate of drug-likeness (QED) is 0.523. The molecular formula is C10H20Sn. The normalized spacial score (nSPS) is 15.5. The van der Waals surface area contributed by atoms with Crippen molar-refractivity contribution in [3.8, 4) is 0 Å². The summed E-state index contributed by atoms with van der Waals surface area (Å²) >= 11 is -1.70. The number of hydrogen-bond donors (Lipinski definition) is 0. The molecule has 0 aromatic heterocycles. The molecule has 11 heavy (non-hydrogen) atoms. The van der Waals surface area contributed by atoms with Crippen molar-refractivity contribution in [3.63, 3.8) is 0 Å². The van der Waals surface area contributed by atoms with Crippen molar-refractivity contribution in [3.05, 3.63) is 21.3 Å². The molecule has 0 unspecified atom stereocenters. The predicted molar refractivity (Wildman–Crippen MR) is 56.5 cm³/mol. The Balaban J connectivity index is 4.48. The molecule has 0 rings (SSSR count). The molecule has 0 N–H and O–H groups in total. The van der Waals surface area contributed by atoms with Crippen molar-refractivity contribution in [2.24, 2.45) is 0 Å². The summed E-state index contributed by atoms with van der Waals surface area (Å²) in [7, 11) is 0. The summed E-state index contributed by atoms with van der Waals surface area (Å²) in [4.78, 5) is 7.34. The van der Waals surface area contributed by atoms with Crippen LogP contribution in [0.15, 0.2) is 21.3 Å². The van der Waals surface area contributed by atoms with Gasteiger partial charge in [0.15, 0.2) is 0 Å². The molecule has 0 spiro atoms. The van der Waals surface area contributed by atoms with Gasteiger partial charge in [0.2, 0.25) is 0 Å². The van der Waals surface area contributed by atoms with E-state index in [1.807, 2.05) is 0 Å². The standard InChI is InChI=1S/C7H11.3CH3.Sn/c1-4-6-7(3)5-2;;;;/h5-6H,1-3H3;3*1H3;/b6-4?,7-5-;;;;. The summed E-state index contributed by atoms with van der Waals surface area (Å²) in [6.07, 6.45) is 4.51. The van der Waals surface area contributed by atoms with Gasteiger partial charge in [-0.15, -0.1) is 0 Å². The van der Waals surface area contributed by atoms with Crippen molar-refractivity contribution < 1.29 is 0 Å². The average Bonchev–Trinajstić information content (AvgIpc) is 1.85. The van der Waals surface area contributed by atoms with Gasteiger partial charge >= 0.3 is 75.3 Å². The van der Waals surface area contributed by atoms with E-state index in [1.165, 1.54) is 5.57 Å². The van der Waals surface area contributed by atoms with Crippen molar-refractivity contribution in [1.29, 1.82) is 0 Å². The molecule has 0 radical (unpaired) electrons. The molecule has 0 atom stereocenters. The zero-order valence-corrected chi connectivity index (χ0v) is 11.5. The van der Waals surface area contributed by atoms with E-state index >= 15 is 0 Å². The summed E-state index contributed by atoms with van der Waals surface area (Å²) in [6.45, 7) is 6.54. The van der Waals surface area contributed by atoms with Gasteiger partial charge in [-0.05, 0) is 0 Å². The molecule has 0 saturated heterocycles. The van der Waals surface area contributed by atoms with Gasteiger partial charge < -0.3 is 0 Å². The van der Waals surface area contributed by atoms with Crippen LogP contribution in [0, 0.1) is 0 Å². The van der Waals surface area contributed by atoms with E-state index in [0.717, 1.165) is 0 Å². The third-order valence-corrected chi connectivity index (χ3v) is 9.25. The van der Waals surface area contributed by atoms with Gasteiger partial charge in [-0.2, -0.15) is 0 Å². The zero-order chi connectivity index (χ0) is 9.07. The Morgan fingerprint density at radius 3 is 1.82 bits per heavy atom. The molecule has 1 heteroatoms. The van der Waals surface area contributed by atoms with E-state index in [4.69, 9.17) is 0 Å². The van der Waals surface area contributed by atoms with Crippen LogP contribution in [0.3, 0.4) is 0 Å². The molecule has 64 valence electrons. The van der Waals surface area contributed by atoms with Gasteiger partial charge in [-0.1, -0.05) is 0 Å². The fourth-order valence-corrected chi connectivity index (χ4v) is 2.53.